The molecule has 1 aliphatic rings. The van der Waals surface area contributed by atoms with Crippen molar-refractivity contribution in [3.63, 3.8) is 0 Å². The number of rotatable bonds is 4. The van der Waals surface area contributed by atoms with E-state index in [1.165, 1.54) is 0 Å². The van der Waals surface area contributed by atoms with Gasteiger partial charge in [0.2, 0.25) is 5.91 Å². The van der Waals surface area contributed by atoms with Crippen molar-refractivity contribution < 1.29 is 9.59 Å². The molecule has 2 heterocycles. The average Bonchev–Trinajstić information content (AvgIpc) is 2.49. The Labute approximate surface area is 123 Å². The molecular weight excluding hydrogens is 270 g/mol. The van der Waals surface area contributed by atoms with E-state index in [-0.39, 0.29) is 11.8 Å². The van der Waals surface area contributed by atoms with Crippen LogP contribution in [0.15, 0.2) is 12.1 Å². The number of nitrogens with two attached hydrogens (primary N) is 1. The molecule has 114 valence electrons. The Hall–Kier alpha value is -2.15. The number of nitrogens with zero attached hydrogens (tertiary/aromatic N) is 2. The highest BCUT2D eigenvalue weighted by Crippen LogP contribution is 2.16. The molecule has 21 heavy (non-hydrogen) atoms. The molecule has 4 N–H and O–H groups in total. The summed E-state index contributed by atoms with van der Waals surface area (Å²) in [5.41, 5.74) is 3.80. The number of piperazine rings is 1. The lowest BCUT2D eigenvalue weighted by Crippen LogP contribution is -2.55. The highest BCUT2D eigenvalue weighted by molar-refractivity contribution is 5.98. The zero-order valence-electron chi connectivity index (χ0n) is 12.3. The highest BCUT2D eigenvalue weighted by Gasteiger charge is 2.30. The predicted octanol–water partition coefficient (Wildman–Crippen LogP) is 0.280. The number of amides is 2. The molecule has 2 rings (SSSR count). The molecule has 0 spiro atoms. The lowest BCUT2D eigenvalue weighted by molar-refractivity contribution is -0.127. The van der Waals surface area contributed by atoms with E-state index >= 15 is 0 Å². The zero-order chi connectivity index (χ0) is 15.4. The van der Waals surface area contributed by atoms with E-state index in [2.05, 4.69) is 15.7 Å². The summed E-state index contributed by atoms with van der Waals surface area (Å²) >= 11 is 0. The summed E-state index contributed by atoms with van der Waals surface area (Å²) in [6.45, 7) is 4.75. The van der Waals surface area contributed by atoms with Gasteiger partial charge < -0.3 is 15.6 Å². The molecule has 7 nitrogen and oxygen atoms in total. The first kappa shape index (κ1) is 15.2. The molecule has 0 aliphatic carbocycles. The van der Waals surface area contributed by atoms with Crippen LogP contribution in [0, 0.1) is 0 Å². The van der Waals surface area contributed by atoms with E-state index in [0.717, 1.165) is 18.5 Å². The maximum absolute atomic E-state index is 12.6. The van der Waals surface area contributed by atoms with E-state index in [1.807, 2.05) is 6.92 Å². The van der Waals surface area contributed by atoms with Crippen LogP contribution >= 0.6 is 0 Å². The lowest BCUT2D eigenvalue weighted by atomic mass is 10.1. The SMILES string of the molecule is CCCc1cc(C(=O)N2CCNC(=O)C2C)cc(NN)n1. The van der Waals surface area contributed by atoms with Crippen molar-refractivity contribution in [1.29, 1.82) is 0 Å². The molecule has 1 atom stereocenters. The van der Waals surface area contributed by atoms with Gasteiger partial charge in [0.1, 0.15) is 11.9 Å². The Morgan fingerprint density at radius 3 is 3.00 bits per heavy atom. The van der Waals surface area contributed by atoms with Gasteiger partial charge in [-0.05, 0) is 25.5 Å². The van der Waals surface area contributed by atoms with Crippen molar-refractivity contribution in [1.82, 2.24) is 15.2 Å². The summed E-state index contributed by atoms with van der Waals surface area (Å²) in [7, 11) is 0. The van der Waals surface area contributed by atoms with Crippen LogP contribution in [0.25, 0.3) is 0 Å². The fraction of sp³-hybridized carbons (Fsp3) is 0.500. The third-order valence-corrected chi connectivity index (χ3v) is 3.54. The summed E-state index contributed by atoms with van der Waals surface area (Å²) in [4.78, 5) is 30.2. The van der Waals surface area contributed by atoms with Crippen molar-refractivity contribution in [2.45, 2.75) is 32.7 Å². The smallest absolute Gasteiger partial charge is 0.254 e. The lowest BCUT2D eigenvalue weighted by Gasteiger charge is -2.33. The molecular formula is C14H21N5O2. The third-order valence-electron chi connectivity index (χ3n) is 3.54. The molecule has 0 radical (unpaired) electrons. The number of aryl methyl sites for hydroxylation is 1. The van der Waals surface area contributed by atoms with Crippen LogP contribution in [-0.4, -0.2) is 40.8 Å². The number of carbonyl (C=O) groups is 2. The summed E-state index contributed by atoms with van der Waals surface area (Å²) < 4.78 is 0. The first-order chi connectivity index (χ1) is 10.1. The van der Waals surface area contributed by atoms with Gasteiger partial charge in [0, 0.05) is 24.3 Å². The standard InChI is InChI=1S/C14H21N5O2/c1-3-4-11-7-10(8-12(17-11)18-15)14(21)19-6-5-16-13(20)9(19)2/h7-9H,3-6,15H2,1-2H3,(H,16,20)(H,17,18). The van der Waals surface area contributed by atoms with Gasteiger partial charge in [0.15, 0.2) is 0 Å². The zero-order valence-corrected chi connectivity index (χ0v) is 12.3. The Morgan fingerprint density at radius 2 is 2.33 bits per heavy atom. The second-order valence-corrected chi connectivity index (χ2v) is 5.09. The van der Waals surface area contributed by atoms with E-state index < -0.39 is 6.04 Å². The van der Waals surface area contributed by atoms with Crippen LogP contribution in [0.2, 0.25) is 0 Å². The van der Waals surface area contributed by atoms with E-state index in [9.17, 15) is 9.59 Å². The first-order valence-corrected chi connectivity index (χ1v) is 7.13. The molecule has 1 saturated heterocycles. The second kappa shape index (κ2) is 6.53. The normalized spacial score (nSPS) is 18.3. The number of hydrogen-bond acceptors (Lipinski definition) is 5. The van der Waals surface area contributed by atoms with Crippen LogP contribution in [0.3, 0.4) is 0 Å². The van der Waals surface area contributed by atoms with Crippen LogP contribution < -0.4 is 16.6 Å². The topological polar surface area (TPSA) is 100 Å². The number of anilines is 1. The van der Waals surface area contributed by atoms with Gasteiger partial charge in [-0.1, -0.05) is 13.3 Å². The van der Waals surface area contributed by atoms with Crippen molar-refractivity contribution in [2.24, 2.45) is 5.84 Å². The number of hydrazine groups is 1. The fourth-order valence-corrected chi connectivity index (χ4v) is 2.40. The molecule has 1 aromatic rings. The minimum atomic E-state index is -0.469. The second-order valence-electron chi connectivity index (χ2n) is 5.09. The van der Waals surface area contributed by atoms with E-state index in [4.69, 9.17) is 5.84 Å². The number of nitrogens with one attached hydrogen (secondary N) is 2. The molecule has 7 heteroatoms. The molecule has 1 fully saturated rings. The number of hydrogen-bond donors (Lipinski definition) is 3. The largest absolute Gasteiger partial charge is 0.353 e. The molecule has 2 amide bonds. The molecule has 1 aromatic heterocycles. The number of aromatic nitrogens is 1. The van der Waals surface area contributed by atoms with Crippen molar-refractivity contribution in [3.8, 4) is 0 Å². The van der Waals surface area contributed by atoms with Crippen molar-refractivity contribution in [3.05, 3.63) is 23.4 Å². The van der Waals surface area contributed by atoms with E-state index in [0.29, 0.717) is 24.5 Å². The maximum atomic E-state index is 12.6. The monoisotopic (exact) mass is 291 g/mol. The minimum Gasteiger partial charge on any atom is -0.353 e. The van der Waals surface area contributed by atoms with Crippen LogP contribution in [-0.2, 0) is 11.2 Å². The molecule has 0 bridgehead atoms. The number of carbonyl (C=O) groups excluding carboxylic acids is 2. The Balaban J connectivity index is 2.29. The third kappa shape index (κ3) is 3.30. The highest BCUT2D eigenvalue weighted by atomic mass is 16.2. The number of nitrogen functional groups attached to an aromatic ring is 1. The molecule has 0 aromatic carbocycles. The van der Waals surface area contributed by atoms with Crippen molar-refractivity contribution >= 4 is 17.6 Å². The minimum absolute atomic E-state index is 0.130. The van der Waals surface area contributed by atoms with Gasteiger partial charge in [0.05, 0.1) is 0 Å². The molecule has 1 aliphatic heterocycles. The van der Waals surface area contributed by atoms with Crippen LogP contribution in [0.5, 0.6) is 0 Å². The van der Waals surface area contributed by atoms with Gasteiger partial charge in [-0.2, -0.15) is 0 Å². The quantitative estimate of drug-likeness (QED) is 0.546. The average molecular weight is 291 g/mol. The summed E-state index contributed by atoms with van der Waals surface area (Å²) in [6, 6.07) is 2.91. The first-order valence-electron chi connectivity index (χ1n) is 7.13. The van der Waals surface area contributed by atoms with Gasteiger partial charge in [0.25, 0.3) is 5.91 Å². The summed E-state index contributed by atoms with van der Waals surface area (Å²) in [6.07, 6.45) is 1.70. The predicted molar refractivity (Wildman–Crippen MR) is 79.6 cm³/mol. The summed E-state index contributed by atoms with van der Waals surface area (Å²) in [5.74, 6) is 5.56. The van der Waals surface area contributed by atoms with Gasteiger partial charge in [-0.3, -0.25) is 9.59 Å². The fourth-order valence-electron chi connectivity index (χ4n) is 2.40. The maximum Gasteiger partial charge on any atom is 0.254 e. The molecule has 1 unspecified atom stereocenters. The number of pyridine rings is 1. The van der Waals surface area contributed by atoms with Crippen molar-refractivity contribution in [2.75, 3.05) is 18.5 Å². The van der Waals surface area contributed by atoms with Crippen LogP contribution in [0.4, 0.5) is 5.82 Å². The summed E-state index contributed by atoms with van der Waals surface area (Å²) in [5, 5.41) is 2.74. The van der Waals surface area contributed by atoms with E-state index in [1.54, 1.807) is 24.0 Å². The van der Waals surface area contributed by atoms with Gasteiger partial charge in [-0.25, -0.2) is 10.8 Å². The Kier molecular flexibility index (Phi) is 4.74. The molecule has 0 saturated carbocycles. The van der Waals surface area contributed by atoms with Crippen LogP contribution in [0.1, 0.15) is 36.3 Å². The Morgan fingerprint density at radius 1 is 1.57 bits per heavy atom. The van der Waals surface area contributed by atoms with Gasteiger partial charge in [-0.15, -0.1) is 0 Å². The Bertz CT molecular complexity index is 546. The van der Waals surface area contributed by atoms with Gasteiger partial charge >= 0.3 is 0 Å².